The zero-order valence-electron chi connectivity index (χ0n) is 13.9. The van der Waals surface area contributed by atoms with Gasteiger partial charge in [-0.3, -0.25) is 29.4 Å². The standard InChI is InChI=1S/C18H13N3O6/c22-16-14(27-15-9-10(21(25)26)5-6-13(15)19-16)7-8-20-17(23)11-3-1-2-4-12(11)18(20)24/h1-6,9,14H,7-8H2,(H,19,22). The maximum absolute atomic E-state index is 12.4. The molecular formula is C18H13N3O6. The Hall–Kier alpha value is -3.75. The van der Waals surface area contributed by atoms with E-state index in [0.717, 1.165) is 4.90 Å². The van der Waals surface area contributed by atoms with Gasteiger partial charge in [0.1, 0.15) is 0 Å². The summed E-state index contributed by atoms with van der Waals surface area (Å²) in [4.78, 5) is 48.3. The molecule has 3 amide bonds. The van der Waals surface area contributed by atoms with E-state index >= 15 is 0 Å². The highest BCUT2D eigenvalue weighted by molar-refractivity contribution is 6.21. The molecule has 0 fully saturated rings. The number of imide groups is 1. The Bertz CT molecular complexity index is 967. The van der Waals surface area contributed by atoms with Crippen LogP contribution in [0.4, 0.5) is 11.4 Å². The average Bonchev–Trinajstić information content (AvgIpc) is 2.90. The predicted molar refractivity (Wildman–Crippen MR) is 92.6 cm³/mol. The third-order valence-corrected chi connectivity index (χ3v) is 4.49. The first-order valence-electron chi connectivity index (χ1n) is 8.17. The summed E-state index contributed by atoms with van der Waals surface area (Å²) < 4.78 is 5.58. The van der Waals surface area contributed by atoms with Crippen molar-refractivity contribution in [2.75, 3.05) is 11.9 Å². The van der Waals surface area contributed by atoms with E-state index in [-0.39, 0.29) is 24.4 Å². The lowest BCUT2D eigenvalue weighted by Gasteiger charge is -2.26. The zero-order chi connectivity index (χ0) is 19.1. The lowest BCUT2D eigenvalue weighted by molar-refractivity contribution is -0.384. The van der Waals surface area contributed by atoms with Gasteiger partial charge in [-0.1, -0.05) is 12.1 Å². The van der Waals surface area contributed by atoms with Crippen molar-refractivity contribution in [3.05, 3.63) is 63.7 Å². The van der Waals surface area contributed by atoms with Gasteiger partial charge in [-0.2, -0.15) is 0 Å². The molecule has 1 atom stereocenters. The molecule has 0 spiro atoms. The number of benzene rings is 2. The van der Waals surface area contributed by atoms with Crippen molar-refractivity contribution >= 4 is 29.1 Å². The number of hydrogen-bond donors (Lipinski definition) is 1. The highest BCUT2D eigenvalue weighted by Gasteiger charge is 2.37. The highest BCUT2D eigenvalue weighted by Crippen LogP contribution is 2.34. The Morgan fingerprint density at radius 2 is 1.74 bits per heavy atom. The number of nitrogens with one attached hydrogen (secondary N) is 1. The number of hydrogen-bond acceptors (Lipinski definition) is 6. The van der Waals surface area contributed by atoms with Crippen molar-refractivity contribution in [1.29, 1.82) is 0 Å². The van der Waals surface area contributed by atoms with Crippen LogP contribution in [0.5, 0.6) is 5.75 Å². The number of amides is 3. The molecule has 0 radical (unpaired) electrons. The van der Waals surface area contributed by atoms with Crippen molar-refractivity contribution < 1.29 is 24.0 Å². The molecule has 0 saturated carbocycles. The summed E-state index contributed by atoms with van der Waals surface area (Å²) in [5.74, 6) is -1.09. The monoisotopic (exact) mass is 367 g/mol. The zero-order valence-corrected chi connectivity index (χ0v) is 13.9. The molecule has 2 aliphatic heterocycles. The van der Waals surface area contributed by atoms with Crippen molar-refractivity contribution in [1.82, 2.24) is 4.90 Å². The number of nitrogens with zero attached hydrogens (tertiary/aromatic N) is 2. The minimum absolute atomic E-state index is 0.00526. The summed E-state index contributed by atoms with van der Waals surface area (Å²) in [5.41, 5.74) is 0.835. The molecule has 0 saturated heterocycles. The van der Waals surface area contributed by atoms with Gasteiger partial charge in [-0.05, 0) is 18.2 Å². The van der Waals surface area contributed by atoms with Crippen molar-refractivity contribution in [2.45, 2.75) is 12.5 Å². The molecule has 136 valence electrons. The van der Waals surface area contributed by atoms with E-state index in [1.165, 1.54) is 18.2 Å². The predicted octanol–water partition coefficient (Wildman–Crippen LogP) is 1.98. The number of rotatable bonds is 4. The van der Waals surface area contributed by atoms with Crippen molar-refractivity contribution in [3.8, 4) is 5.75 Å². The SMILES string of the molecule is O=C1Nc2ccc([N+](=O)[O-])cc2OC1CCN1C(=O)c2ccccc2C1=O. The molecule has 2 aromatic carbocycles. The third-order valence-electron chi connectivity index (χ3n) is 4.49. The summed E-state index contributed by atoms with van der Waals surface area (Å²) >= 11 is 0. The molecule has 1 N–H and O–H groups in total. The lowest BCUT2D eigenvalue weighted by atomic mass is 10.1. The first-order valence-corrected chi connectivity index (χ1v) is 8.17. The fourth-order valence-electron chi connectivity index (χ4n) is 3.12. The second kappa shape index (κ2) is 6.20. The Balaban J connectivity index is 1.49. The topological polar surface area (TPSA) is 119 Å². The number of anilines is 1. The van der Waals surface area contributed by atoms with Gasteiger partial charge >= 0.3 is 0 Å². The van der Waals surface area contributed by atoms with E-state index in [4.69, 9.17) is 4.74 Å². The van der Waals surface area contributed by atoms with Crippen LogP contribution in [-0.4, -0.2) is 40.2 Å². The van der Waals surface area contributed by atoms with Crippen LogP contribution < -0.4 is 10.1 Å². The average molecular weight is 367 g/mol. The fourth-order valence-corrected chi connectivity index (χ4v) is 3.12. The van der Waals surface area contributed by atoms with Crippen molar-refractivity contribution in [3.63, 3.8) is 0 Å². The van der Waals surface area contributed by atoms with Crippen LogP contribution in [0, 0.1) is 10.1 Å². The van der Waals surface area contributed by atoms with E-state index in [1.807, 2.05) is 0 Å². The number of fused-ring (bicyclic) bond motifs is 2. The van der Waals surface area contributed by atoms with Gasteiger partial charge in [0.25, 0.3) is 23.4 Å². The van der Waals surface area contributed by atoms with Crippen LogP contribution in [0.1, 0.15) is 27.1 Å². The van der Waals surface area contributed by atoms with Gasteiger partial charge in [0.05, 0.1) is 27.8 Å². The van der Waals surface area contributed by atoms with Crippen LogP contribution in [0.3, 0.4) is 0 Å². The third kappa shape index (κ3) is 2.78. The number of non-ortho nitro benzene ring substituents is 1. The Kier molecular flexibility index (Phi) is 3.84. The summed E-state index contributed by atoms with van der Waals surface area (Å²) in [6.07, 6.45) is -0.900. The van der Waals surface area contributed by atoms with E-state index in [2.05, 4.69) is 5.32 Å². The van der Waals surface area contributed by atoms with Crippen LogP contribution in [0.2, 0.25) is 0 Å². The Morgan fingerprint density at radius 1 is 1.07 bits per heavy atom. The van der Waals surface area contributed by atoms with E-state index < -0.39 is 28.7 Å². The quantitative estimate of drug-likeness (QED) is 0.501. The number of carbonyl (C=O) groups is 3. The van der Waals surface area contributed by atoms with E-state index in [1.54, 1.807) is 24.3 Å². The number of nitro benzene ring substituents is 1. The molecular weight excluding hydrogens is 354 g/mol. The number of carbonyl (C=O) groups excluding carboxylic acids is 3. The molecule has 4 rings (SSSR count). The largest absolute Gasteiger partial charge is 0.478 e. The van der Waals surface area contributed by atoms with Gasteiger partial charge in [-0.25, -0.2) is 0 Å². The van der Waals surface area contributed by atoms with Gasteiger partial charge in [0, 0.05) is 19.0 Å². The fraction of sp³-hybridized carbons (Fsp3) is 0.167. The lowest BCUT2D eigenvalue weighted by Crippen LogP contribution is -2.41. The van der Waals surface area contributed by atoms with Gasteiger partial charge in [0.2, 0.25) is 0 Å². The minimum Gasteiger partial charge on any atom is -0.478 e. The molecule has 0 bridgehead atoms. The molecule has 0 aliphatic carbocycles. The maximum atomic E-state index is 12.4. The Morgan fingerprint density at radius 3 is 2.37 bits per heavy atom. The normalized spacial score (nSPS) is 17.9. The molecule has 27 heavy (non-hydrogen) atoms. The minimum atomic E-state index is -0.969. The summed E-state index contributed by atoms with van der Waals surface area (Å²) in [6, 6.07) is 10.4. The smallest absolute Gasteiger partial charge is 0.273 e. The van der Waals surface area contributed by atoms with Crippen LogP contribution >= 0.6 is 0 Å². The number of ether oxygens (including phenoxy) is 1. The second-order valence-corrected chi connectivity index (χ2v) is 6.13. The van der Waals surface area contributed by atoms with E-state index in [0.29, 0.717) is 16.8 Å². The van der Waals surface area contributed by atoms with Crippen LogP contribution in [-0.2, 0) is 4.79 Å². The molecule has 9 nitrogen and oxygen atoms in total. The molecule has 1 unspecified atom stereocenters. The molecule has 2 heterocycles. The number of nitro groups is 1. The molecule has 2 aliphatic rings. The van der Waals surface area contributed by atoms with E-state index in [9.17, 15) is 24.5 Å². The first kappa shape index (κ1) is 16.7. The first-order chi connectivity index (χ1) is 13.0. The summed E-state index contributed by atoms with van der Waals surface area (Å²) in [5, 5.41) is 13.5. The summed E-state index contributed by atoms with van der Waals surface area (Å²) in [7, 11) is 0. The van der Waals surface area contributed by atoms with Gasteiger partial charge in [0.15, 0.2) is 11.9 Å². The van der Waals surface area contributed by atoms with Crippen LogP contribution in [0.15, 0.2) is 42.5 Å². The molecule has 2 aromatic rings. The second-order valence-electron chi connectivity index (χ2n) is 6.13. The highest BCUT2D eigenvalue weighted by atomic mass is 16.6. The maximum Gasteiger partial charge on any atom is 0.273 e. The molecule has 9 heteroatoms. The van der Waals surface area contributed by atoms with Gasteiger partial charge in [-0.15, -0.1) is 0 Å². The van der Waals surface area contributed by atoms with Crippen molar-refractivity contribution in [2.24, 2.45) is 0 Å². The van der Waals surface area contributed by atoms with Gasteiger partial charge < -0.3 is 10.1 Å². The molecule has 0 aromatic heterocycles. The van der Waals surface area contributed by atoms with Crippen LogP contribution in [0.25, 0.3) is 0 Å². The summed E-state index contributed by atoms with van der Waals surface area (Å²) in [6.45, 7) is -0.00526. The Labute approximate surface area is 152 Å².